The molecule has 4 rings (SSSR count). The molecule has 0 fully saturated rings. The molecule has 4 aromatic rings. The second kappa shape index (κ2) is 8.95. The molecule has 0 aliphatic carbocycles. The van der Waals surface area contributed by atoms with Gasteiger partial charge in [0.05, 0.1) is 28.9 Å². The van der Waals surface area contributed by atoms with Gasteiger partial charge in [0.25, 0.3) is 5.95 Å². The second-order valence-corrected chi connectivity index (χ2v) is 8.58. The van der Waals surface area contributed by atoms with Gasteiger partial charge in [-0.1, -0.05) is 29.0 Å². The highest BCUT2D eigenvalue weighted by Gasteiger charge is 2.17. The summed E-state index contributed by atoms with van der Waals surface area (Å²) in [5.41, 5.74) is 10.5. The number of benzene rings is 2. The van der Waals surface area contributed by atoms with Crippen molar-refractivity contribution in [2.75, 3.05) is 7.11 Å². The molecule has 9 heteroatoms. The first-order valence-corrected chi connectivity index (χ1v) is 11.1. The van der Waals surface area contributed by atoms with Crippen LogP contribution < -0.4 is 15.3 Å². The maximum absolute atomic E-state index is 12.2. The van der Waals surface area contributed by atoms with E-state index in [2.05, 4.69) is 15.0 Å². The zero-order valence-electron chi connectivity index (χ0n) is 19.1. The van der Waals surface area contributed by atoms with Crippen LogP contribution in [0.5, 0.6) is 5.75 Å². The van der Waals surface area contributed by atoms with Crippen molar-refractivity contribution in [2.45, 2.75) is 27.7 Å². The molecule has 8 nitrogen and oxygen atoms in total. The number of ether oxygens (including phenoxy) is 1. The molecule has 2 N–H and O–H groups in total. The van der Waals surface area contributed by atoms with Crippen LogP contribution in [0.2, 0.25) is 0 Å². The summed E-state index contributed by atoms with van der Waals surface area (Å²) in [5, 5.41) is 0.875. The molecule has 2 aromatic carbocycles. The van der Waals surface area contributed by atoms with E-state index in [4.69, 9.17) is 15.5 Å². The molecule has 0 bridgehead atoms. The summed E-state index contributed by atoms with van der Waals surface area (Å²) >= 11 is 1.27. The standard InChI is InChI=1S/C24H24N6O2S/c1-13-6-8-17(9-7-13)27-24-30(15(3)21(33-24)16(4)31)22(25)29-23-26-14(2)19-12-18(32-5)10-11-20(19)28-23/h6-12H,1-5H3,(H2,25,26,28,29). The number of ketones is 1. The summed E-state index contributed by atoms with van der Waals surface area (Å²) < 4.78 is 6.95. The monoisotopic (exact) mass is 460 g/mol. The van der Waals surface area contributed by atoms with E-state index in [-0.39, 0.29) is 17.7 Å². The van der Waals surface area contributed by atoms with E-state index in [1.54, 1.807) is 11.7 Å². The molecule has 2 aromatic heterocycles. The Morgan fingerprint density at radius 1 is 1.09 bits per heavy atom. The van der Waals surface area contributed by atoms with Gasteiger partial charge in [-0.3, -0.25) is 9.36 Å². The number of thiazole rings is 1. The van der Waals surface area contributed by atoms with E-state index in [1.807, 2.05) is 63.2 Å². The highest BCUT2D eigenvalue weighted by Crippen LogP contribution is 2.23. The zero-order valence-corrected chi connectivity index (χ0v) is 19.9. The van der Waals surface area contributed by atoms with Gasteiger partial charge in [0.1, 0.15) is 5.75 Å². The fraction of sp³-hybridized carbons (Fsp3) is 0.208. The van der Waals surface area contributed by atoms with Crippen molar-refractivity contribution in [3.63, 3.8) is 0 Å². The molecule has 0 saturated carbocycles. The second-order valence-electron chi connectivity index (χ2n) is 7.60. The predicted octanol–water partition coefficient (Wildman–Crippen LogP) is 4.36. The third-order valence-electron chi connectivity index (χ3n) is 5.15. The number of hydrogen-bond donors (Lipinski definition) is 1. The van der Waals surface area contributed by atoms with Gasteiger partial charge < -0.3 is 10.5 Å². The SMILES string of the molecule is COc1ccc2nc(/N=C(\N)n3c(C)c(C(C)=O)sc3=Nc3ccc(C)cc3)nc(C)c2c1. The van der Waals surface area contributed by atoms with Crippen LogP contribution in [-0.4, -0.2) is 33.4 Å². The average Bonchev–Trinajstić information content (AvgIpc) is 3.11. The summed E-state index contributed by atoms with van der Waals surface area (Å²) in [6.07, 6.45) is 0. The number of aryl methyl sites for hydroxylation is 2. The Hall–Kier alpha value is -3.85. The van der Waals surface area contributed by atoms with Crippen LogP contribution in [0.15, 0.2) is 52.4 Å². The summed E-state index contributed by atoms with van der Waals surface area (Å²) in [6.45, 7) is 7.24. The Labute approximate surface area is 195 Å². The van der Waals surface area contributed by atoms with Crippen LogP contribution in [0.4, 0.5) is 11.6 Å². The van der Waals surface area contributed by atoms with Crippen molar-refractivity contribution >= 4 is 45.6 Å². The van der Waals surface area contributed by atoms with E-state index in [1.165, 1.54) is 18.3 Å². The lowest BCUT2D eigenvalue weighted by Gasteiger charge is -2.07. The average molecular weight is 461 g/mol. The van der Waals surface area contributed by atoms with Gasteiger partial charge in [-0.15, -0.1) is 0 Å². The van der Waals surface area contributed by atoms with Crippen molar-refractivity contribution in [3.8, 4) is 5.75 Å². The molecular formula is C24H24N6O2S. The fourth-order valence-corrected chi connectivity index (χ4v) is 4.47. The minimum absolute atomic E-state index is 0.0591. The summed E-state index contributed by atoms with van der Waals surface area (Å²) in [5.74, 6) is 1.03. The molecule has 0 saturated heterocycles. The van der Waals surface area contributed by atoms with E-state index < -0.39 is 0 Å². The maximum Gasteiger partial charge on any atom is 0.253 e. The molecule has 0 aliphatic rings. The third kappa shape index (κ3) is 4.54. The third-order valence-corrected chi connectivity index (χ3v) is 6.40. The van der Waals surface area contributed by atoms with Gasteiger partial charge in [-0.05, 0) is 51.1 Å². The predicted molar refractivity (Wildman–Crippen MR) is 131 cm³/mol. The van der Waals surface area contributed by atoms with Crippen LogP contribution in [0.3, 0.4) is 0 Å². The number of hydrogen-bond acceptors (Lipinski definition) is 7. The van der Waals surface area contributed by atoms with Crippen LogP contribution in [0.1, 0.15) is 33.5 Å². The molecule has 0 atom stereocenters. The first kappa shape index (κ1) is 22.3. The van der Waals surface area contributed by atoms with Crippen LogP contribution >= 0.6 is 11.3 Å². The smallest absolute Gasteiger partial charge is 0.253 e. The van der Waals surface area contributed by atoms with Crippen molar-refractivity contribution in [3.05, 3.63) is 69.1 Å². The van der Waals surface area contributed by atoms with Crippen LogP contribution in [0.25, 0.3) is 10.9 Å². The van der Waals surface area contributed by atoms with Crippen molar-refractivity contribution in [1.29, 1.82) is 0 Å². The molecular weight excluding hydrogens is 436 g/mol. The van der Waals surface area contributed by atoms with Crippen molar-refractivity contribution in [2.24, 2.45) is 15.7 Å². The molecule has 0 amide bonds. The summed E-state index contributed by atoms with van der Waals surface area (Å²) in [6, 6.07) is 13.4. The number of Topliss-reactive ketones (excluding diaryl/α,β-unsaturated/α-hetero) is 1. The largest absolute Gasteiger partial charge is 0.497 e. The highest BCUT2D eigenvalue weighted by atomic mass is 32.1. The van der Waals surface area contributed by atoms with E-state index in [9.17, 15) is 4.79 Å². The minimum atomic E-state index is -0.0591. The van der Waals surface area contributed by atoms with Gasteiger partial charge >= 0.3 is 0 Å². The van der Waals surface area contributed by atoms with Crippen molar-refractivity contribution in [1.82, 2.24) is 14.5 Å². The Morgan fingerprint density at radius 2 is 1.82 bits per heavy atom. The van der Waals surface area contributed by atoms with Crippen LogP contribution in [0, 0.1) is 20.8 Å². The Morgan fingerprint density at radius 3 is 2.48 bits per heavy atom. The van der Waals surface area contributed by atoms with Gasteiger partial charge in [0.15, 0.2) is 10.6 Å². The van der Waals surface area contributed by atoms with Crippen molar-refractivity contribution < 1.29 is 9.53 Å². The first-order valence-electron chi connectivity index (χ1n) is 10.3. The van der Waals surface area contributed by atoms with Crippen LogP contribution in [-0.2, 0) is 0 Å². The Balaban J connectivity index is 1.86. The quantitative estimate of drug-likeness (QED) is 0.277. The molecule has 0 aliphatic heterocycles. The minimum Gasteiger partial charge on any atom is -0.497 e. The van der Waals surface area contributed by atoms with E-state index in [0.717, 1.165) is 33.6 Å². The molecule has 168 valence electrons. The normalized spacial score (nSPS) is 12.4. The summed E-state index contributed by atoms with van der Waals surface area (Å²) in [7, 11) is 1.62. The number of aliphatic imine (C=N–C) groups is 1. The first-order chi connectivity index (χ1) is 15.8. The lowest BCUT2D eigenvalue weighted by molar-refractivity contribution is 0.102. The van der Waals surface area contributed by atoms with Gasteiger partial charge in [-0.2, -0.15) is 4.99 Å². The number of nitrogens with two attached hydrogens (primary N) is 1. The molecule has 2 heterocycles. The number of fused-ring (bicyclic) bond motifs is 1. The van der Waals surface area contributed by atoms with Gasteiger partial charge in [-0.25, -0.2) is 15.0 Å². The van der Waals surface area contributed by atoms with Gasteiger partial charge in [0, 0.05) is 18.0 Å². The maximum atomic E-state index is 12.2. The number of carbonyl (C=O) groups excluding carboxylic acids is 1. The number of methoxy groups -OCH3 is 1. The van der Waals surface area contributed by atoms with E-state index >= 15 is 0 Å². The number of rotatable bonds is 4. The molecule has 0 unspecified atom stereocenters. The van der Waals surface area contributed by atoms with E-state index in [0.29, 0.717) is 15.4 Å². The highest BCUT2D eigenvalue weighted by molar-refractivity contribution is 7.11. The number of nitrogens with zero attached hydrogens (tertiary/aromatic N) is 5. The lowest BCUT2D eigenvalue weighted by atomic mass is 10.2. The number of aromatic nitrogens is 3. The molecule has 0 radical (unpaired) electrons. The molecule has 0 spiro atoms. The number of carbonyl (C=O) groups is 1. The lowest BCUT2D eigenvalue weighted by Crippen LogP contribution is -2.31. The zero-order chi connectivity index (χ0) is 23.7. The Kier molecular flexibility index (Phi) is 6.06. The molecule has 33 heavy (non-hydrogen) atoms. The fourth-order valence-electron chi connectivity index (χ4n) is 3.43. The summed E-state index contributed by atoms with van der Waals surface area (Å²) in [4.78, 5) is 31.5. The van der Waals surface area contributed by atoms with Gasteiger partial charge in [0.2, 0.25) is 5.96 Å². The topological polar surface area (TPSA) is 108 Å². The Bertz CT molecular complexity index is 1470.